The number of hydrogen-bond acceptors (Lipinski definition) is 2. The Hall–Kier alpha value is -1.02. The second-order valence-electron chi connectivity index (χ2n) is 3.83. The lowest BCUT2D eigenvalue weighted by molar-refractivity contribution is 0.426. The fraction of sp³-hybridized carbons (Fsp3) is 0.538. The fourth-order valence-corrected chi connectivity index (χ4v) is 1.55. The minimum Gasteiger partial charge on any atom is -0.468 e. The fourth-order valence-electron chi connectivity index (χ4n) is 1.55. The summed E-state index contributed by atoms with van der Waals surface area (Å²) in [4.78, 5) is 0. The molecule has 0 spiro atoms. The van der Waals surface area contributed by atoms with Gasteiger partial charge in [0.25, 0.3) is 0 Å². The molecule has 1 aromatic rings. The molecule has 1 unspecified atom stereocenters. The summed E-state index contributed by atoms with van der Waals surface area (Å²) in [5.41, 5.74) is 0. The number of hydrogen-bond donors (Lipinski definition) is 1. The van der Waals surface area contributed by atoms with Crippen molar-refractivity contribution in [3.63, 3.8) is 0 Å². The van der Waals surface area contributed by atoms with Crippen molar-refractivity contribution in [3.8, 4) is 0 Å². The maximum Gasteiger partial charge on any atom is 0.120 e. The molecule has 0 saturated carbocycles. The van der Waals surface area contributed by atoms with Crippen LogP contribution in [0.1, 0.15) is 44.4 Å². The van der Waals surface area contributed by atoms with Crippen molar-refractivity contribution >= 4 is 0 Å². The highest BCUT2D eigenvalue weighted by atomic mass is 16.3. The predicted octanol–water partition coefficient (Wildman–Crippen LogP) is 3.68. The second kappa shape index (κ2) is 7.30. The SMILES string of the molecule is C=CCCCCCNC(C)c1ccco1. The average molecular weight is 207 g/mol. The summed E-state index contributed by atoms with van der Waals surface area (Å²) in [7, 11) is 0. The van der Waals surface area contributed by atoms with Gasteiger partial charge in [0.2, 0.25) is 0 Å². The molecule has 0 fully saturated rings. The molecular formula is C13H21NO. The van der Waals surface area contributed by atoms with Crippen LogP contribution >= 0.6 is 0 Å². The highest BCUT2D eigenvalue weighted by Crippen LogP contribution is 2.12. The second-order valence-corrected chi connectivity index (χ2v) is 3.83. The van der Waals surface area contributed by atoms with Gasteiger partial charge in [-0.05, 0) is 44.9 Å². The normalized spacial score (nSPS) is 12.6. The first-order valence-corrected chi connectivity index (χ1v) is 5.72. The van der Waals surface area contributed by atoms with Gasteiger partial charge >= 0.3 is 0 Å². The number of nitrogens with one attached hydrogen (secondary N) is 1. The van der Waals surface area contributed by atoms with Crippen LogP contribution in [0.2, 0.25) is 0 Å². The van der Waals surface area contributed by atoms with Gasteiger partial charge in [-0.1, -0.05) is 12.5 Å². The summed E-state index contributed by atoms with van der Waals surface area (Å²) in [6, 6.07) is 4.26. The lowest BCUT2D eigenvalue weighted by Crippen LogP contribution is -2.19. The first kappa shape index (κ1) is 12.1. The molecule has 1 N–H and O–H groups in total. The zero-order valence-electron chi connectivity index (χ0n) is 9.54. The monoisotopic (exact) mass is 207 g/mol. The van der Waals surface area contributed by atoms with Crippen LogP contribution in [0.15, 0.2) is 35.5 Å². The van der Waals surface area contributed by atoms with Crippen molar-refractivity contribution in [2.45, 2.75) is 38.6 Å². The molecule has 0 aromatic carbocycles. The smallest absolute Gasteiger partial charge is 0.120 e. The molecule has 1 heterocycles. The van der Waals surface area contributed by atoms with Gasteiger partial charge < -0.3 is 9.73 Å². The van der Waals surface area contributed by atoms with E-state index >= 15 is 0 Å². The van der Waals surface area contributed by atoms with E-state index < -0.39 is 0 Å². The minimum atomic E-state index is 0.319. The Labute approximate surface area is 92.4 Å². The zero-order chi connectivity index (χ0) is 10.9. The van der Waals surface area contributed by atoms with Crippen molar-refractivity contribution in [2.75, 3.05) is 6.54 Å². The van der Waals surface area contributed by atoms with Crippen LogP contribution in [0.4, 0.5) is 0 Å². The first-order chi connectivity index (χ1) is 7.34. The third-order valence-electron chi connectivity index (χ3n) is 2.51. The lowest BCUT2D eigenvalue weighted by atomic mass is 10.2. The van der Waals surface area contributed by atoms with Crippen molar-refractivity contribution in [1.82, 2.24) is 5.32 Å². The maximum atomic E-state index is 5.32. The van der Waals surface area contributed by atoms with Crippen molar-refractivity contribution in [2.24, 2.45) is 0 Å². The topological polar surface area (TPSA) is 25.2 Å². The maximum absolute atomic E-state index is 5.32. The van der Waals surface area contributed by atoms with Crippen molar-refractivity contribution < 1.29 is 4.42 Å². The average Bonchev–Trinajstić information content (AvgIpc) is 2.76. The van der Waals surface area contributed by atoms with E-state index in [1.165, 1.54) is 19.3 Å². The number of rotatable bonds is 8. The molecule has 1 aromatic heterocycles. The highest BCUT2D eigenvalue weighted by molar-refractivity contribution is 5.02. The molecule has 0 saturated heterocycles. The van der Waals surface area contributed by atoms with Crippen LogP contribution in [-0.2, 0) is 0 Å². The molecule has 0 aliphatic heterocycles. The van der Waals surface area contributed by atoms with Gasteiger partial charge in [-0.3, -0.25) is 0 Å². The van der Waals surface area contributed by atoms with Gasteiger partial charge in [-0.15, -0.1) is 6.58 Å². The molecule has 0 bridgehead atoms. The van der Waals surface area contributed by atoms with E-state index in [1.54, 1.807) is 6.26 Å². The Morgan fingerprint density at radius 3 is 3.00 bits per heavy atom. The van der Waals surface area contributed by atoms with Crippen LogP contribution in [0.3, 0.4) is 0 Å². The summed E-state index contributed by atoms with van der Waals surface area (Å²) in [6.45, 7) is 6.89. The number of unbranched alkanes of at least 4 members (excludes halogenated alkanes) is 3. The molecule has 1 rings (SSSR count). The Morgan fingerprint density at radius 1 is 1.47 bits per heavy atom. The van der Waals surface area contributed by atoms with E-state index in [0.29, 0.717) is 6.04 Å². The first-order valence-electron chi connectivity index (χ1n) is 5.72. The van der Waals surface area contributed by atoms with Crippen LogP contribution in [0, 0.1) is 0 Å². The van der Waals surface area contributed by atoms with Gasteiger partial charge in [-0.25, -0.2) is 0 Å². The van der Waals surface area contributed by atoms with Crippen LogP contribution in [-0.4, -0.2) is 6.54 Å². The van der Waals surface area contributed by atoms with Crippen molar-refractivity contribution in [1.29, 1.82) is 0 Å². The Bertz CT molecular complexity index is 254. The van der Waals surface area contributed by atoms with Crippen molar-refractivity contribution in [3.05, 3.63) is 36.8 Å². The molecule has 15 heavy (non-hydrogen) atoms. The van der Waals surface area contributed by atoms with Gasteiger partial charge in [0, 0.05) is 0 Å². The van der Waals surface area contributed by atoms with E-state index in [2.05, 4.69) is 18.8 Å². The molecule has 1 atom stereocenters. The largest absolute Gasteiger partial charge is 0.468 e. The summed E-state index contributed by atoms with van der Waals surface area (Å²) in [5.74, 6) is 1.01. The molecular weight excluding hydrogens is 186 g/mol. The van der Waals surface area contributed by atoms with E-state index in [4.69, 9.17) is 4.42 Å². The molecule has 0 amide bonds. The molecule has 0 aliphatic rings. The molecule has 0 aliphatic carbocycles. The third kappa shape index (κ3) is 4.84. The number of allylic oxidation sites excluding steroid dienone is 1. The predicted molar refractivity (Wildman–Crippen MR) is 63.8 cm³/mol. The van der Waals surface area contributed by atoms with Gasteiger partial charge in [0.05, 0.1) is 12.3 Å². The minimum absolute atomic E-state index is 0.319. The Morgan fingerprint density at radius 2 is 2.33 bits per heavy atom. The number of furan rings is 1. The summed E-state index contributed by atoms with van der Waals surface area (Å²) < 4.78 is 5.32. The van der Waals surface area contributed by atoms with E-state index in [1.807, 2.05) is 18.2 Å². The summed E-state index contributed by atoms with van der Waals surface area (Å²) >= 11 is 0. The van der Waals surface area contributed by atoms with E-state index in [-0.39, 0.29) is 0 Å². The third-order valence-corrected chi connectivity index (χ3v) is 2.51. The van der Waals surface area contributed by atoms with E-state index in [9.17, 15) is 0 Å². The lowest BCUT2D eigenvalue weighted by Gasteiger charge is -2.10. The molecule has 2 nitrogen and oxygen atoms in total. The quantitative estimate of drug-likeness (QED) is 0.519. The van der Waals surface area contributed by atoms with E-state index in [0.717, 1.165) is 18.7 Å². The zero-order valence-corrected chi connectivity index (χ0v) is 9.54. The van der Waals surface area contributed by atoms with Crippen LogP contribution < -0.4 is 5.32 Å². The molecule has 0 radical (unpaired) electrons. The van der Waals surface area contributed by atoms with Gasteiger partial charge in [0.15, 0.2) is 0 Å². The van der Waals surface area contributed by atoms with Crippen LogP contribution in [0.5, 0.6) is 0 Å². The Balaban J connectivity index is 2.02. The molecule has 2 heteroatoms. The Kier molecular flexibility index (Phi) is 5.86. The highest BCUT2D eigenvalue weighted by Gasteiger charge is 2.05. The van der Waals surface area contributed by atoms with Gasteiger partial charge in [0.1, 0.15) is 5.76 Å². The molecule has 84 valence electrons. The summed E-state index contributed by atoms with van der Waals surface area (Å²) in [5, 5.41) is 3.44. The van der Waals surface area contributed by atoms with Crippen LogP contribution in [0.25, 0.3) is 0 Å². The van der Waals surface area contributed by atoms with Gasteiger partial charge in [-0.2, -0.15) is 0 Å². The summed E-state index contributed by atoms with van der Waals surface area (Å²) in [6.07, 6.45) is 8.58. The standard InChI is InChI=1S/C13H21NO/c1-3-4-5-6-7-10-14-12(2)13-9-8-11-15-13/h3,8-9,11-12,14H,1,4-7,10H2,2H3.